The van der Waals surface area contributed by atoms with E-state index < -0.39 is 0 Å². The Morgan fingerprint density at radius 2 is 2.00 bits per heavy atom. The largest absolute Gasteiger partial charge is 0.376 e. The van der Waals surface area contributed by atoms with Gasteiger partial charge in [0, 0.05) is 12.2 Å². The van der Waals surface area contributed by atoms with E-state index >= 15 is 0 Å². The lowest BCUT2D eigenvalue weighted by molar-refractivity contribution is 0.107. The first-order chi connectivity index (χ1) is 8.81. The van der Waals surface area contributed by atoms with Crippen LogP contribution in [0.15, 0.2) is 18.2 Å². The van der Waals surface area contributed by atoms with Crippen molar-refractivity contribution < 1.29 is 4.74 Å². The summed E-state index contributed by atoms with van der Waals surface area (Å²) in [7, 11) is 0. The minimum atomic E-state index is -0.156. The van der Waals surface area contributed by atoms with Gasteiger partial charge in [-0.1, -0.05) is 32.0 Å². The molecule has 0 saturated carbocycles. The molecule has 1 aliphatic heterocycles. The van der Waals surface area contributed by atoms with Gasteiger partial charge in [-0.3, -0.25) is 0 Å². The van der Waals surface area contributed by atoms with Crippen LogP contribution in [0, 0.1) is 11.3 Å². The van der Waals surface area contributed by atoms with E-state index in [1.807, 2.05) is 0 Å². The Hall–Kier alpha value is -1.53. The predicted molar refractivity (Wildman–Crippen MR) is 72.8 cm³/mol. The Morgan fingerprint density at radius 1 is 1.33 bits per heavy atom. The summed E-state index contributed by atoms with van der Waals surface area (Å²) in [4.78, 5) is 2.22. The first kappa shape index (κ1) is 12.9. The number of hydrogen-bond acceptors (Lipinski definition) is 3. The van der Waals surface area contributed by atoms with Gasteiger partial charge in [0.25, 0.3) is 0 Å². The van der Waals surface area contributed by atoms with Gasteiger partial charge in [-0.05, 0) is 24.0 Å². The highest BCUT2D eigenvalue weighted by Gasteiger charge is 2.25. The average Bonchev–Trinajstić information content (AvgIpc) is 2.46. The quantitative estimate of drug-likeness (QED) is 0.819. The molecule has 1 saturated heterocycles. The number of aryl methyl sites for hydroxylation is 2. The highest BCUT2D eigenvalue weighted by Crippen LogP contribution is 2.29. The molecule has 0 radical (unpaired) electrons. The molecule has 0 amide bonds. The molecule has 2 rings (SSSR count). The van der Waals surface area contributed by atoms with Gasteiger partial charge in [-0.15, -0.1) is 0 Å². The smallest absolute Gasteiger partial charge is 0.140 e. The molecular weight excluding hydrogens is 224 g/mol. The van der Waals surface area contributed by atoms with E-state index in [1.54, 1.807) is 0 Å². The normalized spacial score (nSPS) is 19.6. The Kier molecular flexibility index (Phi) is 4.22. The van der Waals surface area contributed by atoms with E-state index in [4.69, 9.17) is 4.74 Å². The molecule has 1 aliphatic rings. The zero-order chi connectivity index (χ0) is 13.0. The zero-order valence-electron chi connectivity index (χ0n) is 11.1. The van der Waals surface area contributed by atoms with Crippen molar-refractivity contribution in [2.75, 3.05) is 24.7 Å². The third kappa shape index (κ3) is 2.34. The third-order valence-electron chi connectivity index (χ3n) is 3.53. The minimum Gasteiger partial charge on any atom is -0.376 e. The van der Waals surface area contributed by atoms with Gasteiger partial charge in [0.2, 0.25) is 0 Å². The fraction of sp³-hybridized carbons (Fsp3) is 0.533. The standard InChI is InChI=1S/C15H20N2O/c1-3-12-6-5-7-13(4-2)15(12)17-8-9-18-11-14(17)10-16/h5-7,14H,3-4,8-9,11H2,1-2H3. The van der Waals surface area contributed by atoms with Gasteiger partial charge in [0.15, 0.2) is 0 Å². The number of nitrogens with zero attached hydrogens (tertiary/aromatic N) is 2. The van der Waals surface area contributed by atoms with Crippen LogP contribution in [0.1, 0.15) is 25.0 Å². The lowest BCUT2D eigenvalue weighted by atomic mass is 10.0. The summed E-state index contributed by atoms with van der Waals surface area (Å²) in [6.45, 7) is 6.36. The maximum Gasteiger partial charge on any atom is 0.140 e. The first-order valence-corrected chi connectivity index (χ1v) is 6.66. The van der Waals surface area contributed by atoms with Crippen LogP contribution in [0.25, 0.3) is 0 Å². The van der Waals surface area contributed by atoms with Crippen molar-refractivity contribution in [1.29, 1.82) is 5.26 Å². The van der Waals surface area contributed by atoms with Crippen molar-refractivity contribution in [2.45, 2.75) is 32.7 Å². The molecule has 0 spiro atoms. The maximum absolute atomic E-state index is 9.28. The number of nitriles is 1. The first-order valence-electron chi connectivity index (χ1n) is 6.66. The second-order valence-electron chi connectivity index (χ2n) is 4.55. The molecule has 1 heterocycles. The average molecular weight is 244 g/mol. The van der Waals surface area contributed by atoms with Crippen LogP contribution in [0.2, 0.25) is 0 Å². The number of morpholine rings is 1. The van der Waals surface area contributed by atoms with Gasteiger partial charge >= 0.3 is 0 Å². The molecule has 1 aromatic rings. The number of ether oxygens (including phenoxy) is 1. The van der Waals surface area contributed by atoms with Crippen LogP contribution in [0.3, 0.4) is 0 Å². The van der Waals surface area contributed by atoms with Crippen molar-refractivity contribution in [3.8, 4) is 6.07 Å². The van der Waals surface area contributed by atoms with Crippen LogP contribution < -0.4 is 4.90 Å². The van der Waals surface area contributed by atoms with Crippen molar-refractivity contribution in [1.82, 2.24) is 0 Å². The van der Waals surface area contributed by atoms with E-state index in [9.17, 15) is 5.26 Å². The number of para-hydroxylation sites is 1. The van der Waals surface area contributed by atoms with Crippen LogP contribution in [0.4, 0.5) is 5.69 Å². The maximum atomic E-state index is 9.28. The second-order valence-corrected chi connectivity index (χ2v) is 4.55. The van der Waals surface area contributed by atoms with Crippen LogP contribution in [-0.2, 0) is 17.6 Å². The SMILES string of the molecule is CCc1cccc(CC)c1N1CCOCC1C#N. The van der Waals surface area contributed by atoms with Gasteiger partial charge in [-0.25, -0.2) is 0 Å². The van der Waals surface area contributed by atoms with E-state index in [0.29, 0.717) is 13.2 Å². The van der Waals surface area contributed by atoms with E-state index in [0.717, 1.165) is 19.4 Å². The van der Waals surface area contributed by atoms with Crippen molar-refractivity contribution in [3.05, 3.63) is 29.3 Å². The van der Waals surface area contributed by atoms with Gasteiger partial charge in [0.05, 0.1) is 19.3 Å². The molecular formula is C15H20N2O. The summed E-state index contributed by atoms with van der Waals surface area (Å²) < 4.78 is 5.41. The van der Waals surface area contributed by atoms with Crippen molar-refractivity contribution >= 4 is 5.69 Å². The molecule has 1 aromatic carbocycles. The molecule has 1 unspecified atom stereocenters. The highest BCUT2D eigenvalue weighted by molar-refractivity contribution is 5.61. The van der Waals surface area contributed by atoms with Gasteiger partial charge < -0.3 is 9.64 Å². The third-order valence-corrected chi connectivity index (χ3v) is 3.53. The molecule has 3 heteroatoms. The van der Waals surface area contributed by atoms with Crippen molar-refractivity contribution in [2.24, 2.45) is 0 Å². The fourth-order valence-electron chi connectivity index (χ4n) is 2.56. The molecule has 0 bridgehead atoms. The van der Waals surface area contributed by atoms with Crippen LogP contribution in [-0.4, -0.2) is 25.8 Å². The summed E-state index contributed by atoms with van der Waals surface area (Å²) in [6.07, 6.45) is 2.00. The van der Waals surface area contributed by atoms with Crippen LogP contribution >= 0.6 is 0 Å². The van der Waals surface area contributed by atoms with E-state index in [2.05, 4.69) is 43.0 Å². The Morgan fingerprint density at radius 3 is 2.56 bits per heavy atom. The molecule has 0 aliphatic carbocycles. The van der Waals surface area contributed by atoms with Crippen molar-refractivity contribution in [3.63, 3.8) is 0 Å². The molecule has 0 N–H and O–H groups in total. The molecule has 96 valence electrons. The lowest BCUT2D eigenvalue weighted by Crippen LogP contribution is -2.45. The lowest BCUT2D eigenvalue weighted by Gasteiger charge is -2.36. The van der Waals surface area contributed by atoms with Gasteiger partial charge in [0.1, 0.15) is 6.04 Å². The summed E-state index contributed by atoms with van der Waals surface area (Å²) in [5, 5.41) is 9.28. The topological polar surface area (TPSA) is 36.3 Å². The predicted octanol–water partition coefficient (Wildman–Crippen LogP) is 2.54. The van der Waals surface area contributed by atoms with E-state index in [1.165, 1.54) is 16.8 Å². The number of hydrogen-bond donors (Lipinski definition) is 0. The Balaban J connectivity index is 2.44. The number of rotatable bonds is 3. The Bertz CT molecular complexity index is 428. The molecule has 3 nitrogen and oxygen atoms in total. The number of anilines is 1. The number of benzene rings is 1. The summed E-state index contributed by atoms with van der Waals surface area (Å²) in [5.74, 6) is 0. The summed E-state index contributed by atoms with van der Waals surface area (Å²) in [6, 6.07) is 8.64. The fourth-order valence-corrected chi connectivity index (χ4v) is 2.56. The van der Waals surface area contributed by atoms with E-state index in [-0.39, 0.29) is 6.04 Å². The minimum absolute atomic E-state index is 0.156. The highest BCUT2D eigenvalue weighted by atomic mass is 16.5. The second kappa shape index (κ2) is 5.88. The van der Waals surface area contributed by atoms with Crippen LogP contribution in [0.5, 0.6) is 0 Å². The molecule has 18 heavy (non-hydrogen) atoms. The molecule has 1 fully saturated rings. The Labute approximate surface area is 109 Å². The monoisotopic (exact) mass is 244 g/mol. The summed E-state index contributed by atoms with van der Waals surface area (Å²) in [5.41, 5.74) is 3.92. The zero-order valence-corrected chi connectivity index (χ0v) is 11.1. The van der Waals surface area contributed by atoms with Gasteiger partial charge in [-0.2, -0.15) is 5.26 Å². The summed E-state index contributed by atoms with van der Waals surface area (Å²) >= 11 is 0. The molecule has 1 atom stereocenters. The molecule has 0 aromatic heterocycles.